The zero-order chi connectivity index (χ0) is 13.0. The Morgan fingerprint density at radius 1 is 1.44 bits per heavy atom. The summed E-state index contributed by atoms with van der Waals surface area (Å²) in [6, 6.07) is 5.62. The van der Waals surface area contributed by atoms with Gasteiger partial charge in [-0.25, -0.2) is 0 Å². The molecular weight excluding hydrogens is 248 g/mol. The van der Waals surface area contributed by atoms with E-state index in [0.29, 0.717) is 5.02 Å². The van der Waals surface area contributed by atoms with Gasteiger partial charge < -0.3 is 5.32 Å². The molecule has 0 bridgehead atoms. The minimum Gasteiger partial charge on any atom is -0.304 e. The van der Waals surface area contributed by atoms with Crippen LogP contribution in [0.15, 0.2) is 30.6 Å². The monoisotopic (exact) mass is 264 g/mol. The first-order valence-electron chi connectivity index (χ1n) is 6.05. The molecule has 5 heteroatoms. The highest BCUT2D eigenvalue weighted by molar-refractivity contribution is 6.31. The minimum atomic E-state index is -0.0557. The fourth-order valence-electron chi connectivity index (χ4n) is 1.83. The molecule has 0 saturated heterocycles. The van der Waals surface area contributed by atoms with Crippen LogP contribution in [0, 0.1) is 0 Å². The van der Waals surface area contributed by atoms with Gasteiger partial charge >= 0.3 is 0 Å². The molecule has 2 heterocycles. The number of nitrogens with one attached hydrogen (secondary N) is 1. The number of nitrogens with zero attached hydrogens (tertiary/aromatic N) is 3. The van der Waals surface area contributed by atoms with E-state index in [1.54, 1.807) is 10.9 Å². The number of hydrogen-bond donors (Lipinski definition) is 1. The standard InChI is InChI=1S/C13H17ClN4/c1-3-7-15-13(11-6-9-18(2)17-11)12-10(14)5-4-8-16-12/h4-6,8-9,13,15H,3,7H2,1-2H3. The molecule has 0 aliphatic carbocycles. The van der Waals surface area contributed by atoms with Crippen molar-refractivity contribution in [3.8, 4) is 0 Å². The van der Waals surface area contributed by atoms with Crippen molar-refractivity contribution in [2.24, 2.45) is 7.05 Å². The number of rotatable bonds is 5. The van der Waals surface area contributed by atoms with Gasteiger partial charge in [-0.3, -0.25) is 9.67 Å². The predicted octanol–water partition coefficient (Wildman–Crippen LogP) is 2.56. The van der Waals surface area contributed by atoms with Crippen LogP contribution in [0.2, 0.25) is 5.02 Å². The molecule has 18 heavy (non-hydrogen) atoms. The number of aromatic nitrogens is 3. The molecule has 0 saturated carbocycles. The van der Waals surface area contributed by atoms with Crippen molar-refractivity contribution in [2.45, 2.75) is 19.4 Å². The second-order valence-electron chi connectivity index (χ2n) is 4.17. The summed E-state index contributed by atoms with van der Waals surface area (Å²) in [5.41, 5.74) is 1.76. The van der Waals surface area contributed by atoms with Gasteiger partial charge in [0.2, 0.25) is 0 Å². The third-order valence-corrected chi connectivity index (χ3v) is 3.01. The number of pyridine rings is 1. The fourth-order valence-corrected chi connectivity index (χ4v) is 2.06. The van der Waals surface area contributed by atoms with Gasteiger partial charge in [0, 0.05) is 19.4 Å². The Balaban J connectivity index is 2.33. The molecule has 0 spiro atoms. The molecule has 4 nitrogen and oxygen atoms in total. The van der Waals surface area contributed by atoms with Gasteiger partial charge in [-0.2, -0.15) is 5.10 Å². The van der Waals surface area contributed by atoms with Gasteiger partial charge in [-0.05, 0) is 31.2 Å². The summed E-state index contributed by atoms with van der Waals surface area (Å²) in [7, 11) is 1.90. The van der Waals surface area contributed by atoms with E-state index < -0.39 is 0 Å². The summed E-state index contributed by atoms with van der Waals surface area (Å²) >= 11 is 6.22. The Morgan fingerprint density at radius 3 is 2.89 bits per heavy atom. The zero-order valence-corrected chi connectivity index (χ0v) is 11.4. The normalized spacial score (nSPS) is 12.6. The Hall–Kier alpha value is -1.39. The Bertz CT molecular complexity index is 509. The molecule has 1 atom stereocenters. The van der Waals surface area contributed by atoms with Gasteiger partial charge in [-0.15, -0.1) is 0 Å². The topological polar surface area (TPSA) is 42.7 Å². The minimum absolute atomic E-state index is 0.0557. The highest BCUT2D eigenvalue weighted by Crippen LogP contribution is 2.25. The van der Waals surface area contributed by atoms with Crippen LogP contribution >= 0.6 is 11.6 Å². The van der Waals surface area contributed by atoms with E-state index in [1.165, 1.54) is 0 Å². The molecule has 2 aromatic rings. The lowest BCUT2D eigenvalue weighted by atomic mass is 10.1. The summed E-state index contributed by atoms with van der Waals surface area (Å²) in [6.45, 7) is 3.02. The lowest BCUT2D eigenvalue weighted by Crippen LogP contribution is -2.25. The third-order valence-electron chi connectivity index (χ3n) is 2.69. The molecule has 1 N–H and O–H groups in total. The van der Waals surface area contributed by atoms with Crippen molar-refractivity contribution in [3.05, 3.63) is 47.0 Å². The van der Waals surface area contributed by atoms with E-state index in [-0.39, 0.29) is 6.04 Å². The van der Waals surface area contributed by atoms with E-state index in [2.05, 4.69) is 22.3 Å². The maximum absolute atomic E-state index is 6.22. The molecule has 0 aliphatic rings. The average Bonchev–Trinajstić information content (AvgIpc) is 2.78. The van der Waals surface area contributed by atoms with Crippen LogP contribution in [-0.2, 0) is 7.05 Å². The lowest BCUT2D eigenvalue weighted by molar-refractivity contribution is 0.565. The van der Waals surface area contributed by atoms with Crippen molar-refractivity contribution >= 4 is 11.6 Å². The van der Waals surface area contributed by atoms with Crippen LogP contribution < -0.4 is 5.32 Å². The molecule has 0 aliphatic heterocycles. The largest absolute Gasteiger partial charge is 0.304 e. The molecule has 96 valence electrons. The number of hydrogen-bond acceptors (Lipinski definition) is 3. The third kappa shape index (κ3) is 2.89. The lowest BCUT2D eigenvalue weighted by Gasteiger charge is -2.16. The summed E-state index contributed by atoms with van der Waals surface area (Å²) in [4.78, 5) is 4.37. The molecule has 2 rings (SSSR count). The quantitative estimate of drug-likeness (QED) is 0.903. The van der Waals surface area contributed by atoms with Crippen molar-refractivity contribution in [1.29, 1.82) is 0 Å². The summed E-state index contributed by atoms with van der Waals surface area (Å²) in [5, 5.41) is 8.53. The van der Waals surface area contributed by atoms with Crippen LogP contribution in [0.25, 0.3) is 0 Å². The van der Waals surface area contributed by atoms with Crippen molar-refractivity contribution in [1.82, 2.24) is 20.1 Å². The second kappa shape index (κ2) is 5.98. The second-order valence-corrected chi connectivity index (χ2v) is 4.58. The smallest absolute Gasteiger partial charge is 0.0958 e. The van der Waals surface area contributed by atoms with Crippen molar-refractivity contribution in [3.63, 3.8) is 0 Å². The predicted molar refractivity (Wildman–Crippen MR) is 72.6 cm³/mol. The molecule has 2 aromatic heterocycles. The zero-order valence-electron chi connectivity index (χ0n) is 10.6. The van der Waals surface area contributed by atoms with E-state index in [4.69, 9.17) is 11.6 Å². The maximum Gasteiger partial charge on any atom is 0.0958 e. The Labute approximate surface area is 112 Å². The maximum atomic E-state index is 6.22. The highest BCUT2D eigenvalue weighted by atomic mass is 35.5. The van der Waals surface area contributed by atoms with Gasteiger partial charge in [0.15, 0.2) is 0 Å². The average molecular weight is 265 g/mol. The van der Waals surface area contributed by atoms with Crippen LogP contribution in [0.3, 0.4) is 0 Å². The summed E-state index contributed by atoms with van der Waals surface area (Å²) in [6.07, 6.45) is 4.73. The first-order valence-corrected chi connectivity index (χ1v) is 6.43. The molecule has 0 amide bonds. The van der Waals surface area contributed by atoms with Gasteiger partial charge in [0.1, 0.15) is 0 Å². The fraction of sp³-hybridized carbons (Fsp3) is 0.385. The van der Waals surface area contributed by atoms with Crippen molar-refractivity contribution < 1.29 is 0 Å². The van der Waals surface area contributed by atoms with Crippen LogP contribution in [0.5, 0.6) is 0 Å². The Kier molecular flexibility index (Phi) is 4.33. The number of aryl methyl sites for hydroxylation is 1. The van der Waals surface area contributed by atoms with Gasteiger partial charge in [0.05, 0.1) is 22.5 Å². The van der Waals surface area contributed by atoms with E-state index >= 15 is 0 Å². The first kappa shape index (κ1) is 13.1. The van der Waals surface area contributed by atoms with Gasteiger partial charge in [0.25, 0.3) is 0 Å². The first-order chi connectivity index (χ1) is 8.72. The van der Waals surface area contributed by atoms with E-state index in [1.807, 2.05) is 31.4 Å². The molecule has 0 radical (unpaired) electrons. The number of halogens is 1. The Morgan fingerprint density at radius 2 is 2.28 bits per heavy atom. The van der Waals surface area contributed by atoms with Gasteiger partial charge in [-0.1, -0.05) is 18.5 Å². The molecule has 0 aromatic carbocycles. The molecule has 0 fully saturated rings. The SMILES string of the molecule is CCCNC(c1ccn(C)n1)c1ncccc1Cl. The van der Waals surface area contributed by atoms with E-state index in [0.717, 1.165) is 24.4 Å². The van der Waals surface area contributed by atoms with Crippen LogP contribution in [0.1, 0.15) is 30.8 Å². The molecular formula is C13H17ClN4. The highest BCUT2D eigenvalue weighted by Gasteiger charge is 2.19. The van der Waals surface area contributed by atoms with E-state index in [9.17, 15) is 0 Å². The van der Waals surface area contributed by atoms with Crippen LogP contribution in [-0.4, -0.2) is 21.3 Å². The molecule has 1 unspecified atom stereocenters. The summed E-state index contributed by atoms with van der Waals surface area (Å²) in [5.74, 6) is 0. The van der Waals surface area contributed by atoms with Crippen molar-refractivity contribution in [2.75, 3.05) is 6.54 Å². The van der Waals surface area contributed by atoms with Crippen LogP contribution in [0.4, 0.5) is 0 Å². The summed E-state index contributed by atoms with van der Waals surface area (Å²) < 4.78 is 1.78.